The van der Waals surface area contributed by atoms with E-state index in [1.165, 1.54) is 44.1 Å². The molecule has 98 valence electrons. The Labute approximate surface area is 114 Å². The summed E-state index contributed by atoms with van der Waals surface area (Å²) in [4.78, 5) is 0. The Hall–Kier alpha value is -0.690. The summed E-state index contributed by atoms with van der Waals surface area (Å²) in [5, 5.41) is 0.295. The average Bonchev–Trinajstić information content (AvgIpc) is 3.18. The molecule has 2 aliphatic rings. The van der Waals surface area contributed by atoms with Gasteiger partial charge in [-0.15, -0.1) is 11.6 Å². The first-order chi connectivity index (χ1) is 8.83. The Kier molecular flexibility index (Phi) is 3.79. The Morgan fingerprint density at radius 2 is 1.83 bits per heavy atom. The van der Waals surface area contributed by atoms with Gasteiger partial charge in [0.1, 0.15) is 5.75 Å². The van der Waals surface area contributed by atoms with Crippen LogP contribution in [0.5, 0.6) is 5.75 Å². The monoisotopic (exact) mass is 264 g/mol. The van der Waals surface area contributed by atoms with Crippen LogP contribution in [0, 0.1) is 0 Å². The Morgan fingerprint density at radius 1 is 1.00 bits per heavy atom. The van der Waals surface area contributed by atoms with Crippen LogP contribution in [-0.4, -0.2) is 11.5 Å². The number of hydrogen-bond acceptors (Lipinski definition) is 1. The third-order valence-corrected chi connectivity index (χ3v) is 4.57. The molecule has 0 bridgehead atoms. The van der Waals surface area contributed by atoms with Crippen molar-refractivity contribution in [2.45, 2.75) is 62.3 Å². The molecule has 2 unspecified atom stereocenters. The molecule has 0 heterocycles. The minimum Gasteiger partial charge on any atom is -0.490 e. The van der Waals surface area contributed by atoms with E-state index in [4.69, 9.17) is 16.3 Å². The highest BCUT2D eigenvalue weighted by Crippen LogP contribution is 2.37. The number of benzene rings is 1. The van der Waals surface area contributed by atoms with Crippen LogP contribution >= 0.6 is 11.6 Å². The van der Waals surface area contributed by atoms with Crippen LogP contribution in [-0.2, 0) is 0 Å². The van der Waals surface area contributed by atoms with Gasteiger partial charge in [-0.1, -0.05) is 31.4 Å². The van der Waals surface area contributed by atoms with Gasteiger partial charge in [0.15, 0.2) is 0 Å². The van der Waals surface area contributed by atoms with E-state index in [0.29, 0.717) is 17.4 Å². The summed E-state index contributed by atoms with van der Waals surface area (Å²) in [6.45, 7) is 0. The molecular weight excluding hydrogens is 244 g/mol. The van der Waals surface area contributed by atoms with Gasteiger partial charge in [0.25, 0.3) is 0 Å². The fraction of sp³-hybridized carbons (Fsp3) is 0.625. The highest BCUT2D eigenvalue weighted by molar-refractivity contribution is 6.21. The summed E-state index contributed by atoms with van der Waals surface area (Å²) < 4.78 is 5.88. The first kappa shape index (κ1) is 12.3. The van der Waals surface area contributed by atoms with E-state index in [9.17, 15) is 0 Å². The van der Waals surface area contributed by atoms with E-state index in [1.807, 2.05) is 0 Å². The molecule has 2 atom stereocenters. The van der Waals surface area contributed by atoms with Crippen LogP contribution in [0.15, 0.2) is 24.3 Å². The third-order valence-electron chi connectivity index (χ3n) is 4.04. The molecule has 2 saturated carbocycles. The number of ether oxygens (including phenoxy) is 1. The Morgan fingerprint density at radius 3 is 2.67 bits per heavy atom. The minimum absolute atomic E-state index is 0.295. The van der Waals surface area contributed by atoms with Gasteiger partial charge in [-0.3, -0.25) is 0 Å². The van der Waals surface area contributed by atoms with Crippen molar-refractivity contribution < 1.29 is 4.74 Å². The van der Waals surface area contributed by atoms with Gasteiger partial charge in [0.05, 0.1) is 6.10 Å². The molecule has 0 saturated heterocycles. The fourth-order valence-corrected chi connectivity index (χ4v) is 3.26. The van der Waals surface area contributed by atoms with E-state index in [-0.39, 0.29) is 0 Å². The zero-order chi connectivity index (χ0) is 12.4. The van der Waals surface area contributed by atoms with E-state index in [1.54, 1.807) is 0 Å². The summed E-state index contributed by atoms with van der Waals surface area (Å²) in [6, 6.07) is 8.61. The standard InChI is InChI=1S/C16H21ClO/c17-16-8-3-1-2-7-15(16)12-5-4-6-14(11-12)18-13-9-10-13/h4-6,11,13,15-16H,1-3,7-10H2. The first-order valence-corrected chi connectivity index (χ1v) is 7.67. The van der Waals surface area contributed by atoms with Crippen molar-refractivity contribution in [1.29, 1.82) is 0 Å². The Bertz CT molecular complexity index is 400. The van der Waals surface area contributed by atoms with Gasteiger partial charge in [0, 0.05) is 11.3 Å². The summed E-state index contributed by atoms with van der Waals surface area (Å²) in [6.07, 6.45) is 9.20. The van der Waals surface area contributed by atoms with Crippen LogP contribution < -0.4 is 4.74 Å². The maximum atomic E-state index is 6.55. The molecule has 2 heteroatoms. The highest BCUT2D eigenvalue weighted by atomic mass is 35.5. The van der Waals surface area contributed by atoms with E-state index < -0.39 is 0 Å². The van der Waals surface area contributed by atoms with E-state index >= 15 is 0 Å². The Balaban J connectivity index is 1.76. The van der Waals surface area contributed by atoms with Crippen molar-refractivity contribution in [3.63, 3.8) is 0 Å². The first-order valence-electron chi connectivity index (χ1n) is 7.23. The van der Waals surface area contributed by atoms with Gasteiger partial charge in [-0.05, 0) is 43.4 Å². The second-order valence-corrected chi connectivity index (χ2v) is 6.21. The fourth-order valence-electron chi connectivity index (χ4n) is 2.83. The highest BCUT2D eigenvalue weighted by Gasteiger charge is 2.26. The van der Waals surface area contributed by atoms with Crippen LogP contribution in [0.25, 0.3) is 0 Å². The lowest BCUT2D eigenvalue weighted by atomic mass is 9.91. The van der Waals surface area contributed by atoms with Gasteiger partial charge in [-0.2, -0.15) is 0 Å². The van der Waals surface area contributed by atoms with Crippen LogP contribution in [0.2, 0.25) is 0 Å². The molecule has 0 radical (unpaired) electrons. The molecule has 0 aliphatic heterocycles. The van der Waals surface area contributed by atoms with Crippen molar-refractivity contribution in [3.8, 4) is 5.75 Å². The molecular formula is C16H21ClO. The van der Waals surface area contributed by atoms with E-state index in [0.717, 1.165) is 12.2 Å². The maximum absolute atomic E-state index is 6.55. The smallest absolute Gasteiger partial charge is 0.120 e. The summed E-state index contributed by atoms with van der Waals surface area (Å²) in [5.41, 5.74) is 1.37. The predicted molar refractivity (Wildman–Crippen MR) is 75.6 cm³/mol. The van der Waals surface area contributed by atoms with Crippen molar-refractivity contribution in [3.05, 3.63) is 29.8 Å². The van der Waals surface area contributed by atoms with Gasteiger partial charge in [0.2, 0.25) is 0 Å². The van der Waals surface area contributed by atoms with Crippen molar-refractivity contribution >= 4 is 11.6 Å². The van der Waals surface area contributed by atoms with Crippen molar-refractivity contribution in [2.24, 2.45) is 0 Å². The molecule has 3 rings (SSSR count). The molecule has 1 aromatic rings. The summed E-state index contributed by atoms with van der Waals surface area (Å²) in [7, 11) is 0. The number of rotatable bonds is 3. The minimum atomic E-state index is 0.295. The second-order valence-electron chi connectivity index (χ2n) is 5.65. The molecule has 1 nitrogen and oxygen atoms in total. The third kappa shape index (κ3) is 3.00. The largest absolute Gasteiger partial charge is 0.490 e. The molecule has 0 aromatic heterocycles. The van der Waals surface area contributed by atoms with Gasteiger partial charge < -0.3 is 4.74 Å². The zero-order valence-corrected chi connectivity index (χ0v) is 11.5. The molecule has 1 aromatic carbocycles. The van der Waals surface area contributed by atoms with Crippen LogP contribution in [0.1, 0.15) is 56.4 Å². The zero-order valence-electron chi connectivity index (χ0n) is 10.8. The van der Waals surface area contributed by atoms with Crippen molar-refractivity contribution in [1.82, 2.24) is 0 Å². The van der Waals surface area contributed by atoms with Gasteiger partial charge >= 0.3 is 0 Å². The normalized spacial score (nSPS) is 28.7. The number of hydrogen-bond donors (Lipinski definition) is 0. The lowest BCUT2D eigenvalue weighted by Crippen LogP contribution is -2.11. The van der Waals surface area contributed by atoms with Crippen LogP contribution in [0.3, 0.4) is 0 Å². The van der Waals surface area contributed by atoms with E-state index in [2.05, 4.69) is 24.3 Å². The lowest BCUT2D eigenvalue weighted by molar-refractivity contribution is 0.302. The number of halogens is 1. The molecule has 0 amide bonds. The molecule has 0 N–H and O–H groups in total. The van der Waals surface area contributed by atoms with Crippen molar-refractivity contribution in [2.75, 3.05) is 0 Å². The molecule has 18 heavy (non-hydrogen) atoms. The average molecular weight is 265 g/mol. The summed E-state index contributed by atoms with van der Waals surface area (Å²) >= 11 is 6.55. The molecule has 2 aliphatic carbocycles. The topological polar surface area (TPSA) is 9.23 Å². The number of alkyl halides is 1. The summed E-state index contributed by atoms with van der Waals surface area (Å²) in [5.74, 6) is 1.54. The molecule has 2 fully saturated rings. The second kappa shape index (κ2) is 5.52. The molecule has 0 spiro atoms. The predicted octanol–water partition coefficient (Wildman–Crippen LogP) is 4.88. The van der Waals surface area contributed by atoms with Crippen LogP contribution in [0.4, 0.5) is 0 Å². The van der Waals surface area contributed by atoms with Gasteiger partial charge in [-0.25, -0.2) is 0 Å². The quantitative estimate of drug-likeness (QED) is 0.558. The lowest BCUT2D eigenvalue weighted by Gasteiger charge is -2.20. The maximum Gasteiger partial charge on any atom is 0.120 e. The SMILES string of the molecule is ClC1CCCCCC1c1cccc(OC2CC2)c1.